The lowest BCUT2D eigenvalue weighted by Gasteiger charge is -2.23. The zero-order chi connectivity index (χ0) is 13.0. The number of carbonyl (C=O) groups is 1. The molecule has 0 aromatic heterocycles. The molecule has 1 amide bonds. The van der Waals surface area contributed by atoms with Crippen LogP contribution in [0.25, 0.3) is 0 Å². The number of ether oxygens (including phenoxy) is 1. The minimum absolute atomic E-state index is 0. The summed E-state index contributed by atoms with van der Waals surface area (Å²) in [6, 6.07) is 7.20. The van der Waals surface area contributed by atoms with Crippen molar-refractivity contribution in [3.8, 4) is 5.75 Å². The molecular formula is C13H18Cl2N2O2. The number of rotatable bonds is 4. The van der Waals surface area contributed by atoms with Crippen molar-refractivity contribution >= 4 is 29.9 Å². The summed E-state index contributed by atoms with van der Waals surface area (Å²) in [6.07, 6.45) is 2.00. The number of benzene rings is 1. The zero-order valence-electron chi connectivity index (χ0n) is 10.5. The molecule has 0 aliphatic carbocycles. The molecule has 6 heteroatoms. The molecule has 19 heavy (non-hydrogen) atoms. The average molecular weight is 305 g/mol. The molecule has 0 bridgehead atoms. The maximum Gasteiger partial charge on any atom is 0.260 e. The number of hydrogen-bond acceptors (Lipinski definition) is 3. The van der Waals surface area contributed by atoms with Crippen LogP contribution in [-0.2, 0) is 4.79 Å². The Hall–Kier alpha value is -0.970. The number of carbonyl (C=O) groups excluding carboxylic acids is 1. The van der Waals surface area contributed by atoms with E-state index in [4.69, 9.17) is 22.1 Å². The highest BCUT2D eigenvalue weighted by Gasteiger charge is 2.27. The van der Waals surface area contributed by atoms with Gasteiger partial charge < -0.3 is 15.4 Å². The van der Waals surface area contributed by atoms with E-state index in [2.05, 4.69) is 0 Å². The minimum atomic E-state index is -0.0112. The molecule has 1 aromatic rings. The fourth-order valence-electron chi connectivity index (χ4n) is 2.19. The summed E-state index contributed by atoms with van der Waals surface area (Å²) in [5, 5.41) is 0.598. The Morgan fingerprint density at radius 2 is 2.32 bits per heavy atom. The van der Waals surface area contributed by atoms with E-state index in [1.807, 2.05) is 4.90 Å². The first-order chi connectivity index (χ1) is 8.70. The van der Waals surface area contributed by atoms with Gasteiger partial charge >= 0.3 is 0 Å². The van der Waals surface area contributed by atoms with Crippen LogP contribution in [0, 0.1) is 0 Å². The quantitative estimate of drug-likeness (QED) is 0.926. The van der Waals surface area contributed by atoms with Gasteiger partial charge in [0.1, 0.15) is 5.75 Å². The van der Waals surface area contributed by atoms with Crippen LogP contribution in [0.15, 0.2) is 24.3 Å². The third-order valence-corrected chi connectivity index (χ3v) is 3.36. The van der Waals surface area contributed by atoms with Crippen molar-refractivity contribution in [1.29, 1.82) is 0 Å². The zero-order valence-corrected chi connectivity index (χ0v) is 12.1. The summed E-state index contributed by atoms with van der Waals surface area (Å²) in [5.74, 6) is 0.599. The number of likely N-dealkylation sites (tertiary alicyclic amines) is 1. The van der Waals surface area contributed by atoms with E-state index in [-0.39, 0.29) is 31.0 Å². The summed E-state index contributed by atoms with van der Waals surface area (Å²) < 4.78 is 5.44. The largest absolute Gasteiger partial charge is 0.484 e. The molecule has 0 saturated carbocycles. The number of halogens is 2. The van der Waals surface area contributed by atoms with Crippen molar-refractivity contribution in [3.63, 3.8) is 0 Å². The van der Waals surface area contributed by atoms with E-state index >= 15 is 0 Å². The highest BCUT2D eigenvalue weighted by Crippen LogP contribution is 2.19. The number of amides is 1. The van der Waals surface area contributed by atoms with Gasteiger partial charge in [0.25, 0.3) is 5.91 Å². The maximum absolute atomic E-state index is 12.0. The molecule has 1 aliphatic rings. The molecule has 1 unspecified atom stereocenters. The monoisotopic (exact) mass is 304 g/mol. The minimum Gasteiger partial charge on any atom is -0.484 e. The lowest BCUT2D eigenvalue weighted by molar-refractivity contribution is -0.134. The summed E-state index contributed by atoms with van der Waals surface area (Å²) in [4.78, 5) is 13.8. The predicted octanol–water partition coefficient (Wildman–Crippen LogP) is 2.09. The van der Waals surface area contributed by atoms with Gasteiger partial charge in [-0.2, -0.15) is 0 Å². The van der Waals surface area contributed by atoms with E-state index < -0.39 is 0 Å². The standard InChI is InChI=1S/C13H17ClN2O2.ClH/c14-10-3-1-5-12(7-10)18-9-13(17)16-6-2-4-11(16)8-15;/h1,3,5,7,11H,2,4,6,8-9,15H2;1H. The van der Waals surface area contributed by atoms with E-state index in [9.17, 15) is 4.79 Å². The molecule has 1 fully saturated rings. The van der Waals surface area contributed by atoms with Crippen LogP contribution in [0.4, 0.5) is 0 Å². The van der Waals surface area contributed by atoms with Crippen molar-refractivity contribution in [2.45, 2.75) is 18.9 Å². The molecule has 1 heterocycles. The normalized spacial score (nSPS) is 18.0. The fraction of sp³-hybridized carbons (Fsp3) is 0.462. The SMILES string of the molecule is Cl.NCC1CCCN1C(=O)COc1cccc(Cl)c1. The summed E-state index contributed by atoms with van der Waals surface area (Å²) in [7, 11) is 0. The Kier molecular flexibility index (Phi) is 6.42. The Balaban J connectivity index is 0.00000180. The Morgan fingerprint density at radius 1 is 1.53 bits per heavy atom. The molecule has 1 aliphatic heterocycles. The van der Waals surface area contributed by atoms with Crippen LogP contribution in [0.5, 0.6) is 5.75 Å². The molecule has 1 atom stereocenters. The van der Waals surface area contributed by atoms with Gasteiger partial charge in [0.15, 0.2) is 6.61 Å². The Labute approximate surface area is 124 Å². The van der Waals surface area contributed by atoms with E-state index in [0.717, 1.165) is 19.4 Å². The van der Waals surface area contributed by atoms with Crippen molar-refractivity contribution in [2.75, 3.05) is 19.7 Å². The van der Waals surface area contributed by atoms with Gasteiger partial charge in [0.05, 0.1) is 0 Å². The van der Waals surface area contributed by atoms with Crippen LogP contribution in [0.2, 0.25) is 5.02 Å². The number of nitrogens with two attached hydrogens (primary N) is 1. The second-order valence-corrected chi connectivity index (χ2v) is 4.80. The van der Waals surface area contributed by atoms with Gasteiger partial charge in [-0.15, -0.1) is 12.4 Å². The lowest BCUT2D eigenvalue weighted by Crippen LogP contribution is -2.42. The maximum atomic E-state index is 12.0. The van der Waals surface area contributed by atoms with Crippen LogP contribution in [0.3, 0.4) is 0 Å². The van der Waals surface area contributed by atoms with Gasteiger partial charge in [-0.25, -0.2) is 0 Å². The van der Waals surface area contributed by atoms with Crippen LogP contribution >= 0.6 is 24.0 Å². The van der Waals surface area contributed by atoms with Crippen molar-refractivity contribution in [2.24, 2.45) is 5.73 Å². The van der Waals surface area contributed by atoms with Crippen molar-refractivity contribution < 1.29 is 9.53 Å². The fourth-order valence-corrected chi connectivity index (χ4v) is 2.37. The van der Waals surface area contributed by atoms with Gasteiger partial charge in [0, 0.05) is 24.2 Å². The smallest absolute Gasteiger partial charge is 0.260 e. The summed E-state index contributed by atoms with van der Waals surface area (Å²) in [5.41, 5.74) is 5.64. The van der Waals surface area contributed by atoms with Gasteiger partial charge in [0.2, 0.25) is 0 Å². The predicted molar refractivity (Wildman–Crippen MR) is 78.0 cm³/mol. The average Bonchev–Trinajstić information content (AvgIpc) is 2.84. The molecule has 0 spiro atoms. The van der Waals surface area contributed by atoms with Crippen LogP contribution in [0.1, 0.15) is 12.8 Å². The van der Waals surface area contributed by atoms with Crippen LogP contribution in [-0.4, -0.2) is 36.5 Å². The van der Waals surface area contributed by atoms with Gasteiger partial charge in [-0.05, 0) is 31.0 Å². The third-order valence-electron chi connectivity index (χ3n) is 3.13. The van der Waals surface area contributed by atoms with E-state index in [1.165, 1.54) is 0 Å². The van der Waals surface area contributed by atoms with Crippen molar-refractivity contribution in [1.82, 2.24) is 4.90 Å². The highest BCUT2D eigenvalue weighted by molar-refractivity contribution is 6.30. The molecule has 2 N–H and O–H groups in total. The topological polar surface area (TPSA) is 55.6 Å². The second kappa shape index (κ2) is 7.58. The first-order valence-corrected chi connectivity index (χ1v) is 6.46. The highest BCUT2D eigenvalue weighted by atomic mass is 35.5. The molecule has 106 valence electrons. The lowest BCUT2D eigenvalue weighted by atomic mass is 10.2. The van der Waals surface area contributed by atoms with E-state index in [0.29, 0.717) is 17.3 Å². The second-order valence-electron chi connectivity index (χ2n) is 4.36. The summed E-state index contributed by atoms with van der Waals surface area (Å²) in [6.45, 7) is 1.33. The first kappa shape index (κ1) is 16.1. The Morgan fingerprint density at radius 3 is 3.00 bits per heavy atom. The van der Waals surface area contributed by atoms with Crippen LogP contribution < -0.4 is 10.5 Å². The number of hydrogen-bond donors (Lipinski definition) is 1. The molecular weight excluding hydrogens is 287 g/mol. The van der Waals surface area contributed by atoms with Gasteiger partial charge in [-0.3, -0.25) is 4.79 Å². The molecule has 0 radical (unpaired) electrons. The van der Waals surface area contributed by atoms with Crippen molar-refractivity contribution in [3.05, 3.63) is 29.3 Å². The molecule has 2 rings (SSSR count). The first-order valence-electron chi connectivity index (χ1n) is 6.08. The Bertz CT molecular complexity index is 429. The molecule has 1 saturated heterocycles. The van der Waals surface area contributed by atoms with Gasteiger partial charge in [-0.1, -0.05) is 17.7 Å². The molecule has 4 nitrogen and oxygen atoms in total. The molecule has 1 aromatic carbocycles. The summed E-state index contributed by atoms with van der Waals surface area (Å²) >= 11 is 5.84. The number of nitrogens with zero attached hydrogens (tertiary/aromatic N) is 1. The third kappa shape index (κ3) is 4.27. The van der Waals surface area contributed by atoms with E-state index in [1.54, 1.807) is 24.3 Å².